The Morgan fingerprint density at radius 3 is 1.67 bits per heavy atom. The number of rotatable bonds is 2. The molecule has 2 aromatic rings. The van der Waals surface area contributed by atoms with E-state index < -0.39 is 9.84 Å². The van der Waals surface area contributed by atoms with Crippen LogP contribution in [0.1, 0.15) is 0 Å². The summed E-state index contributed by atoms with van der Waals surface area (Å²) in [7, 11) is -3.48. The van der Waals surface area contributed by atoms with Crippen molar-refractivity contribution in [3.05, 3.63) is 55.9 Å². The van der Waals surface area contributed by atoms with E-state index in [1.54, 1.807) is 42.5 Å². The summed E-state index contributed by atoms with van der Waals surface area (Å²) in [6, 6.07) is 11.5. The van der Waals surface area contributed by atoms with Gasteiger partial charge in [0.2, 0.25) is 9.84 Å². The quantitative estimate of drug-likeness (QED) is 0.652. The first-order valence-electron chi connectivity index (χ1n) is 4.86. The second-order valence-electron chi connectivity index (χ2n) is 3.56. The molecule has 0 amide bonds. The summed E-state index contributed by atoms with van der Waals surface area (Å²) in [5, 5.41) is 0. The van der Waals surface area contributed by atoms with Crippen LogP contribution in [0.25, 0.3) is 0 Å². The molecule has 0 aliphatic heterocycles. The molecular weight excluding hydrogens is 448 g/mol. The molecule has 0 aromatic heterocycles. The van der Waals surface area contributed by atoms with E-state index in [0.29, 0.717) is 8.95 Å². The van der Waals surface area contributed by atoms with Crippen LogP contribution in [0, 0.1) is 0 Å². The third kappa shape index (κ3) is 3.04. The Morgan fingerprint density at radius 1 is 0.667 bits per heavy atom. The van der Waals surface area contributed by atoms with Gasteiger partial charge in [0.25, 0.3) is 0 Å². The van der Waals surface area contributed by atoms with Crippen LogP contribution in [0.4, 0.5) is 0 Å². The summed E-state index contributed by atoms with van der Waals surface area (Å²) in [5.41, 5.74) is 0. The molecule has 2 nitrogen and oxygen atoms in total. The lowest BCUT2D eigenvalue weighted by Gasteiger charge is -2.06. The summed E-state index contributed by atoms with van der Waals surface area (Å²) in [4.78, 5) is 0.529. The Labute approximate surface area is 131 Å². The first kappa shape index (κ1) is 14.2. The molecule has 0 fully saturated rings. The van der Waals surface area contributed by atoms with E-state index in [-0.39, 0.29) is 9.79 Å². The van der Waals surface area contributed by atoms with Gasteiger partial charge in [0.1, 0.15) is 0 Å². The van der Waals surface area contributed by atoms with E-state index in [1.165, 1.54) is 0 Å². The summed E-state index contributed by atoms with van der Waals surface area (Å²) >= 11 is 9.86. The number of hydrogen-bond donors (Lipinski definition) is 0. The second-order valence-corrected chi connectivity index (χ2v) is 8.26. The molecule has 0 aliphatic rings. The van der Waals surface area contributed by atoms with E-state index in [0.717, 1.165) is 4.47 Å². The summed E-state index contributed by atoms with van der Waals surface area (Å²) in [6.07, 6.45) is 0. The van der Waals surface area contributed by atoms with Crippen LogP contribution in [0.2, 0.25) is 0 Å². The highest BCUT2D eigenvalue weighted by Crippen LogP contribution is 2.28. The second kappa shape index (κ2) is 5.45. The molecule has 6 heteroatoms. The lowest BCUT2D eigenvalue weighted by atomic mass is 10.4. The Bertz CT molecular complexity index is 659. The zero-order chi connectivity index (χ0) is 13.3. The van der Waals surface area contributed by atoms with Gasteiger partial charge in [-0.1, -0.05) is 47.8 Å². The zero-order valence-electron chi connectivity index (χ0n) is 8.90. The van der Waals surface area contributed by atoms with Crippen molar-refractivity contribution in [1.82, 2.24) is 0 Å². The summed E-state index contributed by atoms with van der Waals surface area (Å²) in [5.74, 6) is 0. The zero-order valence-corrected chi connectivity index (χ0v) is 14.5. The van der Waals surface area contributed by atoms with Gasteiger partial charge in [0.05, 0.1) is 9.79 Å². The van der Waals surface area contributed by atoms with Crippen molar-refractivity contribution in [3.8, 4) is 0 Å². The van der Waals surface area contributed by atoms with Crippen molar-refractivity contribution < 1.29 is 8.42 Å². The molecule has 0 aliphatic carbocycles. The van der Waals surface area contributed by atoms with E-state index in [9.17, 15) is 8.42 Å². The molecular formula is C12H7Br3O2S. The molecule has 0 saturated heterocycles. The van der Waals surface area contributed by atoms with E-state index in [4.69, 9.17) is 0 Å². The fourth-order valence-corrected chi connectivity index (χ4v) is 4.63. The molecule has 0 heterocycles. The molecule has 0 saturated carbocycles. The first-order valence-corrected chi connectivity index (χ1v) is 8.72. The van der Waals surface area contributed by atoms with Crippen LogP contribution in [-0.4, -0.2) is 8.42 Å². The normalized spacial score (nSPS) is 11.5. The highest BCUT2D eigenvalue weighted by molar-refractivity contribution is 9.11. The van der Waals surface area contributed by atoms with Gasteiger partial charge in [0.15, 0.2) is 0 Å². The Hall–Kier alpha value is -0.170. The molecule has 0 spiro atoms. The standard InChI is InChI=1S/C12H7Br3O2S/c13-8-1-3-11(4-2-8)18(16,17)12-6-9(14)5-10(15)7-12/h1-7H. The van der Waals surface area contributed by atoms with Gasteiger partial charge in [-0.15, -0.1) is 0 Å². The van der Waals surface area contributed by atoms with Gasteiger partial charge in [-0.05, 0) is 42.5 Å². The van der Waals surface area contributed by atoms with E-state index in [2.05, 4.69) is 47.8 Å². The van der Waals surface area contributed by atoms with Gasteiger partial charge in [-0.25, -0.2) is 8.42 Å². The SMILES string of the molecule is O=S(=O)(c1ccc(Br)cc1)c1cc(Br)cc(Br)c1. The fraction of sp³-hybridized carbons (Fsp3) is 0. The lowest BCUT2D eigenvalue weighted by molar-refractivity contribution is 0.596. The number of benzene rings is 2. The van der Waals surface area contributed by atoms with Crippen molar-refractivity contribution >= 4 is 57.6 Å². The van der Waals surface area contributed by atoms with Crippen molar-refractivity contribution in [2.24, 2.45) is 0 Å². The minimum Gasteiger partial charge on any atom is -0.219 e. The molecule has 0 radical (unpaired) electrons. The maximum Gasteiger partial charge on any atom is 0.206 e. The molecule has 0 atom stereocenters. The van der Waals surface area contributed by atoms with Crippen LogP contribution >= 0.6 is 47.8 Å². The highest BCUT2D eigenvalue weighted by atomic mass is 79.9. The number of halogens is 3. The van der Waals surface area contributed by atoms with Gasteiger partial charge < -0.3 is 0 Å². The van der Waals surface area contributed by atoms with E-state index >= 15 is 0 Å². The van der Waals surface area contributed by atoms with Gasteiger partial charge in [-0.3, -0.25) is 0 Å². The predicted molar refractivity (Wildman–Crippen MR) is 81.4 cm³/mol. The third-order valence-corrected chi connectivity index (χ3v) is 5.46. The van der Waals surface area contributed by atoms with Crippen molar-refractivity contribution in [2.75, 3.05) is 0 Å². The number of hydrogen-bond acceptors (Lipinski definition) is 2. The first-order chi connectivity index (χ1) is 8.39. The minimum absolute atomic E-state index is 0.256. The molecule has 0 bridgehead atoms. The van der Waals surface area contributed by atoms with Gasteiger partial charge in [0, 0.05) is 13.4 Å². The van der Waals surface area contributed by atoms with Gasteiger partial charge in [-0.2, -0.15) is 0 Å². The highest BCUT2D eigenvalue weighted by Gasteiger charge is 2.18. The Morgan fingerprint density at radius 2 is 1.17 bits per heavy atom. The molecule has 2 rings (SSSR count). The van der Waals surface area contributed by atoms with Crippen LogP contribution in [-0.2, 0) is 9.84 Å². The largest absolute Gasteiger partial charge is 0.219 e. The van der Waals surface area contributed by atoms with Crippen molar-refractivity contribution in [2.45, 2.75) is 9.79 Å². The van der Waals surface area contributed by atoms with Crippen LogP contribution in [0.3, 0.4) is 0 Å². The average Bonchev–Trinajstić information content (AvgIpc) is 2.28. The predicted octanol–water partition coefficient (Wildman–Crippen LogP) is 4.81. The van der Waals surface area contributed by atoms with Crippen molar-refractivity contribution in [1.29, 1.82) is 0 Å². The topological polar surface area (TPSA) is 34.1 Å². The maximum absolute atomic E-state index is 12.4. The fourth-order valence-electron chi connectivity index (χ4n) is 1.43. The third-order valence-electron chi connectivity index (χ3n) is 2.27. The maximum atomic E-state index is 12.4. The van der Waals surface area contributed by atoms with Crippen LogP contribution in [0.15, 0.2) is 65.7 Å². The Kier molecular flexibility index (Phi) is 4.31. The number of sulfone groups is 1. The lowest BCUT2D eigenvalue weighted by Crippen LogP contribution is -2.01. The Balaban J connectivity index is 2.57. The van der Waals surface area contributed by atoms with E-state index in [1.807, 2.05) is 0 Å². The molecule has 0 N–H and O–H groups in total. The molecule has 0 unspecified atom stereocenters. The average molecular weight is 455 g/mol. The smallest absolute Gasteiger partial charge is 0.206 e. The molecule has 94 valence electrons. The summed E-state index contributed by atoms with van der Waals surface area (Å²) in [6.45, 7) is 0. The molecule has 2 aromatic carbocycles. The summed E-state index contributed by atoms with van der Waals surface area (Å²) < 4.78 is 27.1. The van der Waals surface area contributed by atoms with Crippen molar-refractivity contribution in [3.63, 3.8) is 0 Å². The monoisotopic (exact) mass is 452 g/mol. The van der Waals surface area contributed by atoms with Crippen LogP contribution in [0.5, 0.6) is 0 Å². The van der Waals surface area contributed by atoms with Crippen LogP contribution < -0.4 is 0 Å². The minimum atomic E-state index is -3.48. The molecule has 18 heavy (non-hydrogen) atoms. The van der Waals surface area contributed by atoms with Gasteiger partial charge >= 0.3 is 0 Å².